The summed E-state index contributed by atoms with van der Waals surface area (Å²) in [4.78, 5) is 33.3. The first-order chi connectivity index (χ1) is 11.1. The maximum absolute atomic E-state index is 12.1. The van der Waals surface area contributed by atoms with Crippen LogP contribution >= 0.6 is 0 Å². The molecule has 1 heterocycles. The maximum atomic E-state index is 12.1. The first kappa shape index (κ1) is 16.7. The summed E-state index contributed by atoms with van der Waals surface area (Å²) < 4.78 is 0. The van der Waals surface area contributed by atoms with Crippen molar-refractivity contribution in [3.8, 4) is 12.3 Å². The number of terminal acetylenes is 1. The van der Waals surface area contributed by atoms with E-state index < -0.39 is 0 Å². The fourth-order valence-corrected chi connectivity index (χ4v) is 2.38. The molecule has 6 heteroatoms. The zero-order valence-electron chi connectivity index (χ0n) is 13.3. The average Bonchev–Trinajstić information content (AvgIpc) is 2.57. The monoisotopic (exact) mass is 312 g/mol. The Balaban J connectivity index is 2.20. The molecule has 0 spiro atoms. The van der Waals surface area contributed by atoms with E-state index in [4.69, 9.17) is 6.42 Å². The molecule has 0 aliphatic carbocycles. The fourth-order valence-electron chi connectivity index (χ4n) is 2.38. The molecular formula is C17H20N4O2. The third-order valence-electron chi connectivity index (χ3n) is 3.71. The van der Waals surface area contributed by atoms with E-state index >= 15 is 0 Å². The van der Waals surface area contributed by atoms with Crippen molar-refractivity contribution in [1.82, 2.24) is 20.2 Å². The minimum Gasteiger partial charge on any atom is -0.344 e. The van der Waals surface area contributed by atoms with Crippen LogP contribution in [0.25, 0.3) is 10.9 Å². The van der Waals surface area contributed by atoms with E-state index in [2.05, 4.69) is 21.2 Å². The van der Waals surface area contributed by atoms with Crippen molar-refractivity contribution >= 4 is 16.8 Å². The molecule has 0 radical (unpaired) electrons. The third kappa shape index (κ3) is 3.96. The van der Waals surface area contributed by atoms with Crippen LogP contribution in [0.5, 0.6) is 0 Å². The number of carbonyl (C=O) groups excluding carboxylic acids is 1. The second-order valence-electron chi connectivity index (χ2n) is 5.19. The summed E-state index contributed by atoms with van der Waals surface area (Å²) in [7, 11) is 0. The average molecular weight is 312 g/mol. The number of likely N-dealkylation sites (N-methyl/N-ethyl adjacent to an activating group) is 1. The van der Waals surface area contributed by atoms with Crippen molar-refractivity contribution in [2.24, 2.45) is 0 Å². The third-order valence-corrected chi connectivity index (χ3v) is 3.71. The molecule has 1 unspecified atom stereocenters. The summed E-state index contributed by atoms with van der Waals surface area (Å²) in [6, 6.07) is 6.80. The number of hydrogen-bond donors (Lipinski definition) is 2. The van der Waals surface area contributed by atoms with Crippen LogP contribution in [0, 0.1) is 12.3 Å². The highest BCUT2D eigenvalue weighted by atomic mass is 16.2. The molecule has 0 bridgehead atoms. The number of aromatic nitrogens is 2. The fraction of sp³-hybridized carbons (Fsp3) is 0.353. The van der Waals surface area contributed by atoms with Gasteiger partial charge in [-0.05, 0) is 25.6 Å². The molecule has 1 amide bonds. The Bertz CT molecular complexity index is 791. The van der Waals surface area contributed by atoms with E-state index in [1.165, 1.54) is 0 Å². The van der Waals surface area contributed by atoms with Gasteiger partial charge in [0.15, 0.2) is 0 Å². The van der Waals surface area contributed by atoms with Crippen LogP contribution in [0.15, 0.2) is 29.1 Å². The van der Waals surface area contributed by atoms with Crippen molar-refractivity contribution in [2.75, 3.05) is 13.1 Å². The molecule has 120 valence electrons. The molecule has 1 atom stereocenters. The lowest BCUT2D eigenvalue weighted by molar-refractivity contribution is -0.125. The predicted octanol–water partition coefficient (Wildman–Crippen LogP) is 0.883. The summed E-state index contributed by atoms with van der Waals surface area (Å²) >= 11 is 0. The number of carbonyl (C=O) groups is 1. The molecule has 2 N–H and O–H groups in total. The molecular weight excluding hydrogens is 292 g/mol. The largest absolute Gasteiger partial charge is 0.344 e. The van der Waals surface area contributed by atoms with Gasteiger partial charge >= 0.3 is 0 Å². The van der Waals surface area contributed by atoms with Gasteiger partial charge in [-0.3, -0.25) is 14.5 Å². The molecule has 0 aliphatic heterocycles. The molecule has 2 aromatic rings. The summed E-state index contributed by atoms with van der Waals surface area (Å²) in [6.45, 7) is 4.97. The molecule has 6 nitrogen and oxygen atoms in total. The molecule has 0 aliphatic rings. The zero-order valence-corrected chi connectivity index (χ0v) is 13.3. The Hall–Kier alpha value is -2.65. The highest BCUT2D eigenvalue weighted by Crippen LogP contribution is 2.09. The smallest absolute Gasteiger partial charge is 0.258 e. The van der Waals surface area contributed by atoms with Gasteiger partial charge in [0.1, 0.15) is 5.82 Å². The molecule has 23 heavy (non-hydrogen) atoms. The standard InChI is InChI=1S/C17H20N4O2/c1-4-10-18-16(22)12(3)21(5-2)11-15-19-14-9-7-6-8-13(14)17(23)20-15/h1,6-9,12H,5,10-11H2,2-3H3,(H,18,22)(H,19,20,23). The van der Waals surface area contributed by atoms with Crippen molar-refractivity contribution in [1.29, 1.82) is 0 Å². The van der Waals surface area contributed by atoms with E-state index in [0.29, 0.717) is 29.8 Å². The van der Waals surface area contributed by atoms with Crippen LogP contribution in [0.2, 0.25) is 0 Å². The highest BCUT2D eigenvalue weighted by Gasteiger charge is 2.20. The summed E-state index contributed by atoms with van der Waals surface area (Å²) in [5.41, 5.74) is 0.470. The van der Waals surface area contributed by atoms with Crippen LogP contribution in [0.1, 0.15) is 19.7 Å². The first-order valence-corrected chi connectivity index (χ1v) is 7.50. The van der Waals surface area contributed by atoms with Gasteiger partial charge in [0.2, 0.25) is 5.91 Å². The molecule has 0 fully saturated rings. The SMILES string of the molecule is C#CCNC(=O)C(C)N(CC)Cc1nc2ccccc2c(=O)[nH]1. The number of aromatic amines is 1. The number of benzene rings is 1. The summed E-state index contributed by atoms with van der Waals surface area (Å²) in [6.07, 6.45) is 5.15. The Morgan fingerprint density at radius 2 is 2.22 bits per heavy atom. The number of nitrogens with zero attached hydrogens (tertiary/aromatic N) is 2. The molecule has 2 rings (SSSR count). The van der Waals surface area contributed by atoms with Crippen molar-refractivity contribution in [3.63, 3.8) is 0 Å². The van der Waals surface area contributed by atoms with Crippen molar-refractivity contribution in [2.45, 2.75) is 26.4 Å². The van der Waals surface area contributed by atoms with Crippen LogP contribution in [0.4, 0.5) is 0 Å². The van der Waals surface area contributed by atoms with Crippen LogP contribution in [-0.4, -0.2) is 39.9 Å². The van der Waals surface area contributed by atoms with Crippen molar-refractivity contribution in [3.05, 3.63) is 40.4 Å². The maximum Gasteiger partial charge on any atom is 0.258 e. The lowest BCUT2D eigenvalue weighted by atomic mass is 10.2. The predicted molar refractivity (Wildman–Crippen MR) is 89.8 cm³/mol. The first-order valence-electron chi connectivity index (χ1n) is 7.50. The zero-order chi connectivity index (χ0) is 16.8. The van der Waals surface area contributed by atoms with E-state index in [0.717, 1.165) is 0 Å². The Labute approximate surface area is 134 Å². The van der Waals surface area contributed by atoms with Gasteiger partial charge in [0.05, 0.1) is 30.0 Å². The minimum absolute atomic E-state index is 0.145. The van der Waals surface area contributed by atoms with Gasteiger partial charge in [0, 0.05) is 0 Å². The van der Waals surface area contributed by atoms with E-state index in [-0.39, 0.29) is 24.1 Å². The van der Waals surface area contributed by atoms with Gasteiger partial charge in [0.25, 0.3) is 5.56 Å². The number of hydrogen-bond acceptors (Lipinski definition) is 4. The quantitative estimate of drug-likeness (QED) is 0.776. The topological polar surface area (TPSA) is 78.1 Å². The molecule has 1 aromatic carbocycles. The number of rotatable bonds is 6. The van der Waals surface area contributed by atoms with Crippen molar-refractivity contribution < 1.29 is 4.79 Å². The van der Waals surface area contributed by atoms with E-state index in [1.54, 1.807) is 25.1 Å². The summed E-state index contributed by atoms with van der Waals surface area (Å²) in [5, 5.41) is 3.22. The van der Waals surface area contributed by atoms with Gasteiger partial charge < -0.3 is 10.3 Å². The number of fused-ring (bicyclic) bond motifs is 1. The normalized spacial score (nSPS) is 12.1. The lowest BCUT2D eigenvalue weighted by Crippen LogP contribution is -2.45. The number of amides is 1. The highest BCUT2D eigenvalue weighted by molar-refractivity contribution is 5.81. The Kier molecular flexibility index (Phi) is 5.50. The Morgan fingerprint density at radius 1 is 1.48 bits per heavy atom. The van der Waals surface area contributed by atoms with E-state index in [1.807, 2.05) is 17.9 Å². The lowest BCUT2D eigenvalue weighted by Gasteiger charge is -2.26. The minimum atomic E-state index is -0.370. The van der Waals surface area contributed by atoms with E-state index in [9.17, 15) is 9.59 Å². The number of para-hydroxylation sites is 1. The van der Waals surface area contributed by atoms with Gasteiger partial charge in [-0.15, -0.1) is 6.42 Å². The second-order valence-corrected chi connectivity index (χ2v) is 5.19. The number of nitrogens with one attached hydrogen (secondary N) is 2. The molecule has 1 aromatic heterocycles. The van der Waals surface area contributed by atoms with Gasteiger partial charge in [-0.25, -0.2) is 4.98 Å². The number of H-pyrrole nitrogens is 1. The van der Waals surface area contributed by atoms with Crippen LogP contribution < -0.4 is 10.9 Å². The van der Waals surface area contributed by atoms with Crippen LogP contribution in [-0.2, 0) is 11.3 Å². The Morgan fingerprint density at radius 3 is 2.91 bits per heavy atom. The molecule has 0 saturated heterocycles. The summed E-state index contributed by atoms with van der Waals surface area (Å²) in [5.74, 6) is 2.77. The van der Waals surface area contributed by atoms with Crippen LogP contribution in [0.3, 0.4) is 0 Å². The molecule has 0 saturated carbocycles. The second kappa shape index (κ2) is 7.56. The van der Waals surface area contributed by atoms with Gasteiger partial charge in [-0.1, -0.05) is 25.0 Å². The van der Waals surface area contributed by atoms with Gasteiger partial charge in [-0.2, -0.15) is 0 Å².